The summed E-state index contributed by atoms with van der Waals surface area (Å²) < 4.78 is 1.95. The van der Waals surface area contributed by atoms with Crippen LogP contribution in [0.5, 0.6) is 0 Å². The van der Waals surface area contributed by atoms with Crippen molar-refractivity contribution in [3.8, 4) is 0 Å². The molecule has 2 N–H and O–H groups in total. The molecule has 1 heterocycles. The summed E-state index contributed by atoms with van der Waals surface area (Å²) in [5.41, 5.74) is 7.83. The number of aryl methyl sites for hydroxylation is 1. The fraction of sp³-hybridized carbons (Fsp3) is 0.667. The number of nitrogens with two attached hydrogens (primary N) is 1. The summed E-state index contributed by atoms with van der Waals surface area (Å²) in [5.74, 6) is 0. The lowest BCUT2D eigenvalue weighted by Gasteiger charge is -2.20. The average Bonchev–Trinajstić information content (AvgIpc) is 2.29. The highest BCUT2D eigenvalue weighted by atomic mass is 15.3. The van der Waals surface area contributed by atoms with E-state index in [2.05, 4.69) is 32.8 Å². The van der Waals surface area contributed by atoms with Crippen LogP contribution in [0.4, 0.5) is 5.69 Å². The third-order valence-corrected chi connectivity index (χ3v) is 1.88. The third-order valence-electron chi connectivity index (χ3n) is 1.88. The topological polar surface area (TPSA) is 43.8 Å². The Balaban J connectivity index is 3.19. The van der Waals surface area contributed by atoms with Gasteiger partial charge in [-0.3, -0.25) is 4.68 Å². The summed E-state index contributed by atoms with van der Waals surface area (Å²) in [6.07, 6.45) is 1.73. The molecular weight excluding hydrogens is 150 g/mol. The largest absolute Gasteiger partial charge is 0.396 e. The molecule has 1 rings (SSSR count). The van der Waals surface area contributed by atoms with Crippen molar-refractivity contribution in [2.24, 2.45) is 0 Å². The molecule has 0 atom stereocenters. The Bertz CT molecular complexity index is 268. The van der Waals surface area contributed by atoms with E-state index in [1.165, 1.54) is 0 Å². The molecule has 0 saturated heterocycles. The molecule has 0 bridgehead atoms. The van der Waals surface area contributed by atoms with Gasteiger partial charge in [0, 0.05) is 12.0 Å². The summed E-state index contributed by atoms with van der Waals surface area (Å²) in [7, 11) is 0. The zero-order chi connectivity index (χ0) is 9.35. The molecule has 3 heteroatoms. The van der Waals surface area contributed by atoms with Gasteiger partial charge < -0.3 is 5.73 Å². The Kier molecular flexibility index (Phi) is 2.13. The van der Waals surface area contributed by atoms with E-state index < -0.39 is 0 Å². The lowest BCUT2D eigenvalue weighted by molar-refractivity contribution is 0.499. The molecule has 0 amide bonds. The number of nitrogens with zero attached hydrogens (tertiary/aromatic N) is 2. The monoisotopic (exact) mass is 167 g/mol. The van der Waals surface area contributed by atoms with Crippen molar-refractivity contribution in [2.45, 2.75) is 39.7 Å². The summed E-state index contributed by atoms with van der Waals surface area (Å²) in [6, 6.07) is 0. The first-order valence-electron chi connectivity index (χ1n) is 4.28. The van der Waals surface area contributed by atoms with E-state index in [0.717, 1.165) is 17.9 Å². The van der Waals surface area contributed by atoms with Gasteiger partial charge in [-0.15, -0.1) is 0 Å². The van der Waals surface area contributed by atoms with Crippen LogP contribution in [0, 0.1) is 0 Å². The smallest absolute Gasteiger partial charge is 0.0738 e. The second kappa shape index (κ2) is 2.81. The van der Waals surface area contributed by atoms with Gasteiger partial charge in [-0.1, -0.05) is 20.8 Å². The van der Waals surface area contributed by atoms with Gasteiger partial charge in [0.2, 0.25) is 0 Å². The molecule has 0 fully saturated rings. The molecule has 0 saturated carbocycles. The van der Waals surface area contributed by atoms with Gasteiger partial charge in [0.15, 0.2) is 0 Å². The fourth-order valence-corrected chi connectivity index (χ4v) is 1.46. The first-order chi connectivity index (χ1) is 5.46. The SMILES string of the molecule is CCn1ncc(N)c1C(C)(C)C. The molecule has 68 valence electrons. The molecule has 0 aliphatic rings. The summed E-state index contributed by atoms with van der Waals surface area (Å²) in [6.45, 7) is 9.39. The van der Waals surface area contributed by atoms with Crippen LogP contribution in [0.25, 0.3) is 0 Å². The van der Waals surface area contributed by atoms with E-state index in [0.29, 0.717) is 0 Å². The van der Waals surface area contributed by atoms with Crippen LogP contribution in [0.1, 0.15) is 33.4 Å². The Labute approximate surface area is 73.6 Å². The summed E-state index contributed by atoms with van der Waals surface area (Å²) in [4.78, 5) is 0. The highest BCUT2D eigenvalue weighted by Gasteiger charge is 2.21. The van der Waals surface area contributed by atoms with Crippen molar-refractivity contribution in [1.29, 1.82) is 0 Å². The van der Waals surface area contributed by atoms with Crippen LogP contribution >= 0.6 is 0 Å². The molecule has 12 heavy (non-hydrogen) atoms. The predicted octanol–water partition coefficient (Wildman–Crippen LogP) is 1.78. The highest BCUT2D eigenvalue weighted by Crippen LogP contribution is 2.26. The number of hydrogen-bond acceptors (Lipinski definition) is 2. The number of anilines is 1. The van der Waals surface area contributed by atoms with Gasteiger partial charge in [-0.05, 0) is 6.92 Å². The average molecular weight is 167 g/mol. The van der Waals surface area contributed by atoms with Crippen LogP contribution in [0.3, 0.4) is 0 Å². The molecule has 3 nitrogen and oxygen atoms in total. The number of aromatic nitrogens is 2. The first kappa shape index (κ1) is 9.10. The molecule has 1 aromatic rings. The second-order valence-electron chi connectivity index (χ2n) is 4.01. The fourth-order valence-electron chi connectivity index (χ4n) is 1.46. The van der Waals surface area contributed by atoms with Crippen molar-refractivity contribution in [1.82, 2.24) is 9.78 Å². The van der Waals surface area contributed by atoms with Crippen molar-refractivity contribution in [2.75, 3.05) is 5.73 Å². The quantitative estimate of drug-likeness (QED) is 0.693. The zero-order valence-corrected chi connectivity index (χ0v) is 8.26. The maximum Gasteiger partial charge on any atom is 0.0738 e. The molecular formula is C9H17N3. The number of rotatable bonds is 1. The molecule has 0 aromatic carbocycles. The zero-order valence-electron chi connectivity index (χ0n) is 8.26. The number of hydrogen-bond donors (Lipinski definition) is 1. The number of nitrogen functional groups attached to an aromatic ring is 1. The Hall–Kier alpha value is -0.990. The van der Waals surface area contributed by atoms with Gasteiger partial charge in [-0.2, -0.15) is 5.10 Å². The van der Waals surface area contributed by atoms with E-state index in [-0.39, 0.29) is 5.41 Å². The van der Waals surface area contributed by atoms with Crippen LogP contribution in [-0.2, 0) is 12.0 Å². The lowest BCUT2D eigenvalue weighted by atomic mass is 9.91. The van der Waals surface area contributed by atoms with E-state index in [9.17, 15) is 0 Å². The lowest BCUT2D eigenvalue weighted by Crippen LogP contribution is -2.19. The normalized spacial score (nSPS) is 12.0. The van der Waals surface area contributed by atoms with Crippen LogP contribution in [-0.4, -0.2) is 9.78 Å². The summed E-state index contributed by atoms with van der Waals surface area (Å²) >= 11 is 0. The summed E-state index contributed by atoms with van der Waals surface area (Å²) in [5, 5.41) is 4.19. The van der Waals surface area contributed by atoms with Crippen molar-refractivity contribution in [3.05, 3.63) is 11.9 Å². The third kappa shape index (κ3) is 1.44. The maximum atomic E-state index is 5.82. The molecule has 0 aliphatic carbocycles. The van der Waals surface area contributed by atoms with Crippen molar-refractivity contribution < 1.29 is 0 Å². The van der Waals surface area contributed by atoms with Crippen molar-refractivity contribution >= 4 is 5.69 Å². The van der Waals surface area contributed by atoms with Gasteiger partial charge in [0.05, 0.1) is 17.6 Å². The van der Waals surface area contributed by atoms with Gasteiger partial charge >= 0.3 is 0 Å². The standard InChI is InChI=1S/C9H17N3/c1-5-12-8(9(2,3)4)7(10)6-11-12/h6H,5,10H2,1-4H3. The van der Waals surface area contributed by atoms with E-state index in [1.54, 1.807) is 6.20 Å². The second-order valence-corrected chi connectivity index (χ2v) is 4.01. The van der Waals surface area contributed by atoms with E-state index >= 15 is 0 Å². The minimum atomic E-state index is 0.0800. The Morgan fingerprint density at radius 2 is 2.08 bits per heavy atom. The highest BCUT2D eigenvalue weighted by molar-refractivity contribution is 5.44. The van der Waals surface area contributed by atoms with E-state index in [1.807, 2.05) is 4.68 Å². The first-order valence-corrected chi connectivity index (χ1v) is 4.28. The molecule has 1 aromatic heterocycles. The molecule has 0 radical (unpaired) electrons. The van der Waals surface area contributed by atoms with Crippen molar-refractivity contribution in [3.63, 3.8) is 0 Å². The van der Waals surface area contributed by atoms with Crippen LogP contribution in [0.15, 0.2) is 6.20 Å². The van der Waals surface area contributed by atoms with E-state index in [4.69, 9.17) is 5.73 Å². The minimum absolute atomic E-state index is 0.0800. The predicted molar refractivity (Wildman–Crippen MR) is 51.0 cm³/mol. The minimum Gasteiger partial charge on any atom is -0.396 e. The van der Waals surface area contributed by atoms with Crippen LogP contribution in [0.2, 0.25) is 0 Å². The van der Waals surface area contributed by atoms with Crippen LogP contribution < -0.4 is 5.73 Å². The van der Waals surface area contributed by atoms with Gasteiger partial charge in [0.1, 0.15) is 0 Å². The van der Waals surface area contributed by atoms with Gasteiger partial charge in [0.25, 0.3) is 0 Å². The molecule has 0 aliphatic heterocycles. The molecule has 0 spiro atoms. The molecule has 0 unspecified atom stereocenters. The Morgan fingerprint density at radius 3 is 2.42 bits per heavy atom. The van der Waals surface area contributed by atoms with Gasteiger partial charge in [-0.25, -0.2) is 0 Å². The Morgan fingerprint density at radius 1 is 1.50 bits per heavy atom. The maximum absolute atomic E-state index is 5.82.